The highest BCUT2D eigenvalue weighted by atomic mass is 16.3. The molecular formula is C13H21NO. The summed E-state index contributed by atoms with van der Waals surface area (Å²) in [6, 6.07) is 8.16. The number of benzene rings is 1. The molecule has 2 nitrogen and oxygen atoms in total. The first-order chi connectivity index (χ1) is 7.40. The third kappa shape index (κ3) is 3.24. The molecule has 1 aromatic rings. The van der Waals surface area contributed by atoms with Crippen LogP contribution in [-0.2, 0) is 6.61 Å². The maximum atomic E-state index is 8.99. The number of hydrogen-bond donors (Lipinski definition) is 1. The van der Waals surface area contributed by atoms with Gasteiger partial charge in [0.05, 0.1) is 6.61 Å². The number of nitrogens with zero attached hydrogens (tertiary/aromatic N) is 1. The van der Waals surface area contributed by atoms with Crippen LogP contribution in [0, 0.1) is 0 Å². The molecule has 0 unspecified atom stereocenters. The molecule has 2 heteroatoms. The number of aliphatic hydroxyl groups excluding tert-OH is 1. The number of rotatable bonds is 2. The molecule has 0 radical (unpaired) electrons. The van der Waals surface area contributed by atoms with Crippen LogP contribution in [0.3, 0.4) is 0 Å². The van der Waals surface area contributed by atoms with E-state index < -0.39 is 0 Å². The molecular weight excluding hydrogens is 186 g/mol. The van der Waals surface area contributed by atoms with E-state index >= 15 is 0 Å². The SMILES string of the molecule is CC.OCc1cccc(N2CCCC2)c1. The van der Waals surface area contributed by atoms with E-state index in [4.69, 9.17) is 5.11 Å². The Balaban J connectivity index is 0.000000531. The average molecular weight is 207 g/mol. The highest BCUT2D eigenvalue weighted by molar-refractivity contribution is 5.49. The van der Waals surface area contributed by atoms with Crippen molar-refractivity contribution < 1.29 is 5.11 Å². The molecule has 1 fully saturated rings. The Labute approximate surface area is 92.5 Å². The van der Waals surface area contributed by atoms with E-state index in [-0.39, 0.29) is 6.61 Å². The van der Waals surface area contributed by atoms with Crippen molar-refractivity contribution in [3.63, 3.8) is 0 Å². The Bertz CT molecular complexity index is 280. The molecule has 0 amide bonds. The van der Waals surface area contributed by atoms with Crippen molar-refractivity contribution in [1.82, 2.24) is 0 Å². The fourth-order valence-corrected chi connectivity index (χ4v) is 1.83. The van der Waals surface area contributed by atoms with E-state index in [1.807, 2.05) is 26.0 Å². The summed E-state index contributed by atoms with van der Waals surface area (Å²) >= 11 is 0. The van der Waals surface area contributed by atoms with Gasteiger partial charge in [0.25, 0.3) is 0 Å². The summed E-state index contributed by atoms with van der Waals surface area (Å²) in [6.45, 7) is 6.46. The molecule has 1 aliphatic heterocycles. The fourth-order valence-electron chi connectivity index (χ4n) is 1.83. The van der Waals surface area contributed by atoms with Crippen LogP contribution in [0.4, 0.5) is 5.69 Å². The fraction of sp³-hybridized carbons (Fsp3) is 0.538. The van der Waals surface area contributed by atoms with Crippen molar-refractivity contribution in [2.75, 3.05) is 18.0 Å². The van der Waals surface area contributed by atoms with Crippen LogP contribution in [0.1, 0.15) is 32.3 Å². The van der Waals surface area contributed by atoms with E-state index in [0.29, 0.717) is 0 Å². The Hall–Kier alpha value is -1.02. The Morgan fingerprint density at radius 1 is 1.20 bits per heavy atom. The Morgan fingerprint density at radius 3 is 2.47 bits per heavy atom. The second-order valence-corrected chi connectivity index (χ2v) is 3.52. The maximum absolute atomic E-state index is 8.99. The van der Waals surface area contributed by atoms with Gasteiger partial charge in [-0.2, -0.15) is 0 Å². The van der Waals surface area contributed by atoms with Crippen LogP contribution in [0.2, 0.25) is 0 Å². The lowest BCUT2D eigenvalue weighted by Gasteiger charge is -2.17. The van der Waals surface area contributed by atoms with Gasteiger partial charge in [-0.05, 0) is 30.5 Å². The molecule has 0 aromatic heterocycles. The summed E-state index contributed by atoms with van der Waals surface area (Å²) in [7, 11) is 0. The quantitative estimate of drug-likeness (QED) is 0.806. The molecule has 0 aliphatic carbocycles. The van der Waals surface area contributed by atoms with Crippen molar-refractivity contribution in [2.45, 2.75) is 33.3 Å². The predicted molar refractivity (Wildman–Crippen MR) is 65.2 cm³/mol. The van der Waals surface area contributed by atoms with Crippen molar-refractivity contribution >= 4 is 5.69 Å². The molecule has 1 aliphatic rings. The van der Waals surface area contributed by atoms with Crippen LogP contribution >= 0.6 is 0 Å². The average Bonchev–Trinajstić information content (AvgIpc) is 2.85. The lowest BCUT2D eigenvalue weighted by molar-refractivity contribution is 0.282. The highest BCUT2D eigenvalue weighted by Crippen LogP contribution is 2.20. The van der Waals surface area contributed by atoms with Crippen LogP contribution in [0.15, 0.2) is 24.3 Å². The number of hydrogen-bond acceptors (Lipinski definition) is 2. The highest BCUT2D eigenvalue weighted by Gasteiger charge is 2.11. The van der Waals surface area contributed by atoms with Crippen molar-refractivity contribution in [3.8, 4) is 0 Å². The van der Waals surface area contributed by atoms with E-state index in [1.54, 1.807) is 0 Å². The third-order valence-electron chi connectivity index (χ3n) is 2.56. The van der Waals surface area contributed by atoms with Gasteiger partial charge in [0.1, 0.15) is 0 Å². The van der Waals surface area contributed by atoms with E-state index in [9.17, 15) is 0 Å². The lowest BCUT2D eigenvalue weighted by atomic mass is 10.2. The predicted octanol–water partition coefficient (Wildman–Crippen LogP) is 2.81. The molecule has 1 saturated heterocycles. The number of anilines is 1. The minimum atomic E-state index is 0.141. The van der Waals surface area contributed by atoms with E-state index in [0.717, 1.165) is 18.7 Å². The topological polar surface area (TPSA) is 23.5 Å². The first-order valence-electron chi connectivity index (χ1n) is 5.85. The zero-order chi connectivity index (χ0) is 11.1. The van der Waals surface area contributed by atoms with Gasteiger partial charge in [0.2, 0.25) is 0 Å². The minimum Gasteiger partial charge on any atom is -0.392 e. The zero-order valence-corrected chi connectivity index (χ0v) is 9.74. The monoisotopic (exact) mass is 207 g/mol. The second kappa shape index (κ2) is 6.46. The standard InChI is InChI=1S/C11H15NO.C2H6/c13-9-10-4-3-5-11(8-10)12-6-1-2-7-12;1-2/h3-5,8,13H,1-2,6-7,9H2;1-2H3. The third-order valence-corrected chi connectivity index (χ3v) is 2.56. The molecule has 15 heavy (non-hydrogen) atoms. The molecule has 0 spiro atoms. The van der Waals surface area contributed by atoms with Gasteiger partial charge in [-0.25, -0.2) is 0 Å². The minimum absolute atomic E-state index is 0.141. The Kier molecular flexibility index (Phi) is 5.19. The summed E-state index contributed by atoms with van der Waals surface area (Å²) in [5.41, 5.74) is 2.26. The summed E-state index contributed by atoms with van der Waals surface area (Å²) < 4.78 is 0. The van der Waals surface area contributed by atoms with Crippen molar-refractivity contribution in [3.05, 3.63) is 29.8 Å². The Morgan fingerprint density at radius 2 is 1.87 bits per heavy atom. The van der Waals surface area contributed by atoms with E-state index in [2.05, 4.69) is 17.0 Å². The van der Waals surface area contributed by atoms with Crippen LogP contribution in [-0.4, -0.2) is 18.2 Å². The van der Waals surface area contributed by atoms with Crippen LogP contribution < -0.4 is 4.90 Å². The maximum Gasteiger partial charge on any atom is 0.0682 e. The first-order valence-corrected chi connectivity index (χ1v) is 5.85. The van der Waals surface area contributed by atoms with Gasteiger partial charge in [-0.3, -0.25) is 0 Å². The first kappa shape index (κ1) is 12.1. The van der Waals surface area contributed by atoms with Crippen molar-refractivity contribution in [1.29, 1.82) is 0 Å². The molecule has 0 saturated carbocycles. The van der Waals surface area contributed by atoms with Crippen LogP contribution in [0.25, 0.3) is 0 Å². The zero-order valence-electron chi connectivity index (χ0n) is 9.74. The van der Waals surface area contributed by atoms with Crippen LogP contribution in [0.5, 0.6) is 0 Å². The van der Waals surface area contributed by atoms with E-state index in [1.165, 1.54) is 18.5 Å². The lowest BCUT2D eigenvalue weighted by Crippen LogP contribution is -2.17. The van der Waals surface area contributed by atoms with Gasteiger partial charge in [-0.15, -0.1) is 0 Å². The summed E-state index contributed by atoms with van der Waals surface area (Å²) in [5, 5.41) is 8.99. The molecule has 84 valence electrons. The number of aliphatic hydroxyl groups is 1. The molecule has 1 heterocycles. The summed E-state index contributed by atoms with van der Waals surface area (Å²) in [5.74, 6) is 0. The normalized spacial score (nSPS) is 14.7. The summed E-state index contributed by atoms with van der Waals surface area (Å²) in [6.07, 6.45) is 2.59. The molecule has 0 bridgehead atoms. The molecule has 2 rings (SSSR count). The summed E-state index contributed by atoms with van der Waals surface area (Å²) in [4.78, 5) is 2.37. The van der Waals surface area contributed by atoms with Crippen molar-refractivity contribution in [2.24, 2.45) is 0 Å². The smallest absolute Gasteiger partial charge is 0.0682 e. The molecule has 1 aromatic carbocycles. The van der Waals surface area contributed by atoms with Gasteiger partial charge in [0, 0.05) is 18.8 Å². The van der Waals surface area contributed by atoms with Gasteiger partial charge in [0.15, 0.2) is 0 Å². The second-order valence-electron chi connectivity index (χ2n) is 3.52. The van der Waals surface area contributed by atoms with Gasteiger partial charge < -0.3 is 10.0 Å². The van der Waals surface area contributed by atoms with Gasteiger partial charge >= 0.3 is 0 Å². The molecule has 0 atom stereocenters. The molecule has 1 N–H and O–H groups in total. The van der Waals surface area contributed by atoms with Gasteiger partial charge in [-0.1, -0.05) is 26.0 Å². The largest absolute Gasteiger partial charge is 0.392 e.